The SMILES string of the molecule is COC(=O)C(Br)CN1C(=O)CCCCC1=O. The highest BCUT2D eigenvalue weighted by Gasteiger charge is 2.28. The average molecular weight is 292 g/mol. The molecule has 0 spiro atoms. The zero-order chi connectivity index (χ0) is 12.1. The van der Waals surface area contributed by atoms with E-state index in [0.29, 0.717) is 12.8 Å². The lowest BCUT2D eigenvalue weighted by Crippen LogP contribution is -2.41. The molecular formula is C10H14BrNO4. The Bertz CT molecular complexity index is 287. The van der Waals surface area contributed by atoms with E-state index in [2.05, 4.69) is 20.7 Å². The molecule has 16 heavy (non-hydrogen) atoms. The van der Waals surface area contributed by atoms with Gasteiger partial charge in [0.2, 0.25) is 11.8 Å². The van der Waals surface area contributed by atoms with Crippen molar-refractivity contribution in [2.24, 2.45) is 0 Å². The molecule has 0 aliphatic carbocycles. The zero-order valence-corrected chi connectivity index (χ0v) is 10.7. The van der Waals surface area contributed by atoms with Crippen molar-refractivity contribution in [3.05, 3.63) is 0 Å². The van der Waals surface area contributed by atoms with Gasteiger partial charge in [0.1, 0.15) is 4.83 Å². The quantitative estimate of drug-likeness (QED) is 0.439. The first-order valence-corrected chi connectivity index (χ1v) is 6.03. The molecule has 6 heteroatoms. The highest BCUT2D eigenvalue weighted by Crippen LogP contribution is 2.15. The van der Waals surface area contributed by atoms with E-state index in [4.69, 9.17) is 0 Å². The summed E-state index contributed by atoms with van der Waals surface area (Å²) in [5, 5.41) is 0. The van der Waals surface area contributed by atoms with Crippen LogP contribution in [-0.4, -0.2) is 41.2 Å². The number of hydrogen-bond acceptors (Lipinski definition) is 4. The molecule has 5 nitrogen and oxygen atoms in total. The maximum Gasteiger partial charge on any atom is 0.321 e. The van der Waals surface area contributed by atoms with Crippen LogP contribution >= 0.6 is 15.9 Å². The molecular weight excluding hydrogens is 278 g/mol. The van der Waals surface area contributed by atoms with Crippen LogP contribution in [-0.2, 0) is 19.1 Å². The van der Waals surface area contributed by atoms with Crippen LogP contribution in [0.5, 0.6) is 0 Å². The number of likely N-dealkylation sites (tertiary alicyclic amines) is 1. The average Bonchev–Trinajstić information content (AvgIpc) is 2.42. The monoisotopic (exact) mass is 291 g/mol. The van der Waals surface area contributed by atoms with Gasteiger partial charge in [-0.2, -0.15) is 0 Å². The molecule has 1 heterocycles. The molecule has 0 aromatic rings. The number of alkyl halides is 1. The number of nitrogens with zero attached hydrogens (tertiary/aromatic N) is 1. The van der Waals surface area contributed by atoms with Crippen LogP contribution in [0.3, 0.4) is 0 Å². The van der Waals surface area contributed by atoms with Crippen LogP contribution in [0.25, 0.3) is 0 Å². The van der Waals surface area contributed by atoms with Crippen LogP contribution in [0.15, 0.2) is 0 Å². The Hall–Kier alpha value is -0.910. The van der Waals surface area contributed by atoms with Gasteiger partial charge in [-0.05, 0) is 12.8 Å². The third-order valence-electron chi connectivity index (χ3n) is 2.43. The normalized spacial score (nSPS) is 19.2. The second-order valence-corrected chi connectivity index (χ2v) is 4.70. The van der Waals surface area contributed by atoms with E-state index in [1.807, 2.05) is 0 Å². The van der Waals surface area contributed by atoms with Gasteiger partial charge in [-0.1, -0.05) is 15.9 Å². The van der Waals surface area contributed by atoms with Crippen molar-refractivity contribution in [3.8, 4) is 0 Å². The third kappa shape index (κ3) is 3.30. The van der Waals surface area contributed by atoms with E-state index in [9.17, 15) is 14.4 Å². The summed E-state index contributed by atoms with van der Waals surface area (Å²) >= 11 is 3.10. The number of esters is 1. The van der Waals surface area contributed by atoms with Crippen LogP contribution in [0.4, 0.5) is 0 Å². The van der Waals surface area contributed by atoms with Gasteiger partial charge in [-0.15, -0.1) is 0 Å². The molecule has 0 bridgehead atoms. The Morgan fingerprint density at radius 2 is 1.88 bits per heavy atom. The Kier molecular flexibility index (Phi) is 4.92. The molecule has 0 N–H and O–H groups in total. The van der Waals surface area contributed by atoms with Crippen molar-refractivity contribution in [1.82, 2.24) is 4.90 Å². The number of imide groups is 1. The summed E-state index contributed by atoms with van der Waals surface area (Å²) < 4.78 is 4.52. The molecule has 0 aromatic heterocycles. The van der Waals surface area contributed by atoms with Crippen molar-refractivity contribution < 1.29 is 19.1 Å². The van der Waals surface area contributed by atoms with E-state index in [-0.39, 0.29) is 18.4 Å². The fourth-order valence-corrected chi connectivity index (χ4v) is 2.00. The summed E-state index contributed by atoms with van der Waals surface area (Å²) in [6, 6.07) is 0. The minimum absolute atomic E-state index is 0.0460. The van der Waals surface area contributed by atoms with Crippen molar-refractivity contribution in [2.75, 3.05) is 13.7 Å². The molecule has 1 aliphatic heterocycles. The van der Waals surface area contributed by atoms with Gasteiger partial charge < -0.3 is 4.74 Å². The molecule has 1 atom stereocenters. The first kappa shape index (κ1) is 13.2. The van der Waals surface area contributed by atoms with Crippen molar-refractivity contribution in [2.45, 2.75) is 30.5 Å². The zero-order valence-electron chi connectivity index (χ0n) is 9.07. The molecule has 90 valence electrons. The Morgan fingerprint density at radius 3 is 2.31 bits per heavy atom. The summed E-state index contributed by atoms with van der Waals surface area (Å²) in [6.07, 6.45) is 2.19. The van der Waals surface area contributed by atoms with Gasteiger partial charge in [-0.3, -0.25) is 19.3 Å². The predicted octanol–water partition coefficient (Wildman–Crippen LogP) is 0.852. The van der Waals surface area contributed by atoms with Crippen LogP contribution in [0.1, 0.15) is 25.7 Å². The summed E-state index contributed by atoms with van der Waals surface area (Å²) in [7, 11) is 1.27. The molecule has 0 saturated carbocycles. The number of ether oxygens (including phenoxy) is 1. The fraction of sp³-hybridized carbons (Fsp3) is 0.700. The van der Waals surface area contributed by atoms with Gasteiger partial charge >= 0.3 is 5.97 Å². The van der Waals surface area contributed by atoms with Crippen LogP contribution < -0.4 is 0 Å². The second kappa shape index (κ2) is 5.98. The molecule has 1 unspecified atom stereocenters. The van der Waals surface area contributed by atoms with E-state index < -0.39 is 10.8 Å². The van der Waals surface area contributed by atoms with Gasteiger partial charge in [0.25, 0.3) is 0 Å². The molecule has 0 radical (unpaired) electrons. The van der Waals surface area contributed by atoms with E-state index in [0.717, 1.165) is 17.7 Å². The molecule has 1 rings (SSSR count). The smallest absolute Gasteiger partial charge is 0.321 e. The maximum atomic E-state index is 11.6. The highest BCUT2D eigenvalue weighted by atomic mass is 79.9. The van der Waals surface area contributed by atoms with Gasteiger partial charge in [-0.25, -0.2) is 0 Å². The minimum atomic E-state index is -0.650. The van der Waals surface area contributed by atoms with E-state index in [1.54, 1.807) is 0 Å². The lowest BCUT2D eigenvalue weighted by atomic mass is 10.2. The molecule has 0 aromatic carbocycles. The molecule has 1 fully saturated rings. The maximum absolute atomic E-state index is 11.6. The number of rotatable bonds is 3. The number of carbonyl (C=O) groups is 3. The van der Waals surface area contributed by atoms with Crippen molar-refractivity contribution in [1.29, 1.82) is 0 Å². The number of methoxy groups -OCH3 is 1. The number of carbonyl (C=O) groups excluding carboxylic acids is 3. The fourth-order valence-electron chi connectivity index (χ4n) is 1.53. The number of hydrogen-bond donors (Lipinski definition) is 0. The summed E-state index contributed by atoms with van der Waals surface area (Å²) in [4.78, 5) is 34.9. The Labute approximate surface area is 102 Å². The van der Waals surface area contributed by atoms with Crippen LogP contribution in [0.2, 0.25) is 0 Å². The van der Waals surface area contributed by atoms with Crippen LogP contribution in [0, 0.1) is 0 Å². The topological polar surface area (TPSA) is 63.7 Å². The number of halogens is 1. The first-order chi connectivity index (χ1) is 7.56. The second-order valence-electron chi connectivity index (χ2n) is 3.60. The Balaban J connectivity index is 2.65. The largest absolute Gasteiger partial charge is 0.468 e. The standard InChI is InChI=1S/C10H14BrNO4/c1-16-10(15)7(11)6-12-8(13)4-2-3-5-9(12)14/h7H,2-6H2,1H3. The summed E-state index contributed by atoms with van der Waals surface area (Å²) in [6.45, 7) is 0.0460. The third-order valence-corrected chi connectivity index (χ3v) is 3.10. The highest BCUT2D eigenvalue weighted by molar-refractivity contribution is 9.10. The Morgan fingerprint density at radius 1 is 1.38 bits per heavy atom. The summed E-state index contributed by atoms with van der Waals surface area (Å²) in [5.41, 5.74) is 0. The lowest BCUT2D eigenvalue weighted by molar-refractivity contribution is -0.145. The van der Waals surface area contributed by atoms with E-state index in [1.165, 1.54) is 7.11 Å². The van der Waals surface area contributed by atoms with Gasteiger partial charge in [0, 0.05) is 12.8 Å². The van der Waals surface area contributed by atoms with Crippen molar-refractivity contribution in [3.63, 3.8) is 0 Å². The molecule has 2 amide bonds. The lowest BCUT2D eigenvalue weighted by Gasteiger charge is -2.20. The van der Waals surface area contributed by atoms with Gasteiger partial charge in [0.15, 0.2) is 0 Å². The van der Waals surface area contributed by atoms with Crippen molar-refractivity contribution >= 4 is 33.7 Å². The molecule has 1 saturated heterocycles. The predicted molar refractivity (Wildman–Crippen MR) is 59.9 cm³/mol. The van der Waals surface area contributed by atoms with E-state index >= 15 is 0 Å². The first-order valence-electron chi connectivity index (χ1n) is 5.11. The van der Waals surface area contributed by atoms with Gasteiger partial charge in [0.05, 0.1) is 13.7 Å². The summed E-state index contributed by atoms with van der Waals surface area (Å²) in [5.74, 6) is -0.906. The number of amides is 2. The minimum Gasteiger partial charge on any atom is -0.468 e. The molecule has 1 aliphatic rings.